The highest BCUT2D eigenvalue weighted by molar-refractivity contribution is 7.90. The fraction of sp³-hybridized carbons (Fsp3) is 0.455. The number of hydrogen-bond acceptors (Lipinski definition) is 5. The molecule has 0 aliphatic heterocycles. The second kappa shape index (κ2) is 9.65. The molecule has 33 heavy (non-hydrogen) atoms. The predicted molar refractivity (Wildman–Crippen MR) is 113 cm³/mol. The van der Waals surface area contributed by atoms with Crippen LogP contribution in [-0.4, -0.2) is 43.9 Å². The molecule has 2 unspecified atom stereocenters. The maximum atomic E-state index is 13.9. The van der Waals surface area contributed by atoms with Gasteiger partial charge in [-0.15, -0.1) is 0 Å². The van der Waals surface area contributed by atoms with Crippen LogP contribution in [0, 0.1) is 17.1 Å². The van der Waals surface area contributed by atoms with Crippen molar-refractivity contribution in [3.8, 4) is 6.07 Å². The van der Waals surface area contributed by atoms with Crippen molar-refractivity contribution in [2.75, 3.05) is 5.75 Å². The highest BCUT2D eigenvalue weighted by Gasteiger charge is 2.48. The van der Waals surface area contributed by atoms with Gasteiger partial charge in [0.05, 0.1) is 17.6 Å². The number of carbonyl (C=O) groups excluding carboxylic acids is 1. The summed E-state index contributed by atoms with van der Waals surface area (Å²) in [5.74, 6) is -3.07. The molecular weight excluding hydrogens is 462 g/mol. The van der Waals surface area contributed by atoms with E-state index in [0.29, 0.717) is 25.7 Å². The molecule has 2 atom stereocenters. The summed E-state index contributed by atoms with van der Waals surface area (Å²) < 4.78 is 80.2. The molecule has 1 aromatic carbocycles. The van der Waals surface area contributed by atoms with E-state index in [4.69, 9.17) is 0 Å². The quantitative estimate of drug-likeness (QED) is 0.524. The number of allylic oxidation sites excluding steroid dienone is 2. The molecule has 2 aliphatic rings. The number of amides is 1. The first-order valence-electron chi connectivity index (χ1n) is 10.3. The lowest BCUT2D eigenvalue weighted by atomic mass is 9.99. The molecule has 1 aromatic rings. The fourth-order valence-corrected chi connectivity index (χ4v) is 5.06. The van der Waals surface area contributed by atoms with Crippen molar-refractivity contribution in [2.24, 2.45) is 0 Å². The summed E-state index contributed by atoms with van der Waals surface area (Å²) >= 11 is 0. The fourth-order valence-electron chi connectivity index (χ4n) is 3.49. The molecule has 11 heteroatoms. The Morgan fingerprint density at radius 3 is 2.36 bits per heavy atom. The van der Waals surface area contributed by atoms with Crippen molar-refractivity contribution in [1.29, 1.82) is 5.26 Å². The Bertz CT molecular complexity index is 1090. The summed E-state index contributed by atoms with van der Waals surface area (Å²) in [7, 11) is -4.09. The monoisotopic (exact) mass is 485 g/mol. The van der Waals surface area contributed by atoms with E-state index in [2.05, 4.69) is 10.6 Å². The normalized spacial score (nSPS) is 19.2. The largest absolute Gasteiger partial charge is 0.407 e. The highest BCUT2D eigenvalue weighted by Crippen LogP contribution is 2.34. The molecule has 6 nitrogen and oxygen atoms in total. The molecule has 3 rings (SSSR count). The minimum Gasteiger partial charge on any atom is -0.336 e. The lowest BCUT2D eigenvalue weighted by Crippen LogP contribution is -2.57. The van der Waals surface area contributed by atoms with E-state index in [-0.39, 0.29) is 11.1 Å². The van der Waals surface area contributed by atoms with E-state index in [9.17, 15) is 36.0 Å². The molecule has 0 aromatic heterocycles. The number of nitriles is 1. The van der Waals surface area contributed by atoms with Crippen LogP contribution in [0.5, 0.6) is 0 Å². The number of alkyl halides is 3. The number of sulfone groups is 1. The SMILES string of the molecule is N#CC1(NC(=O)C(CS(=O)(=O)Cc2ccc(F)cc2)NC(C2=CCCC=C2)C(F)(F)F)CC1. The maximum absolute atomic E-state index is 13.9. The molecule has 0 saturated heterocycles. The van der Waals surface area contributed by atoms with E-state index in [1.54, 1.807) is 6.08 Å². The summed E-state index contributed by atoms with van der Waals surface area (Å²) in [6, 6.07) is 2.52. The minimum atomic E-state index is -4.79. The Kier molecular flexibility index (Phi) is 7.29. The van der Waals surface area contributed by atoms with Crippen LogP contribution in [0.25, 0.3) is 0 Å². The zero-order valence-electron chi connectivity index (χ0n) is 17.5. The Labute approximate surface area is 189 Å². The summed E-state index contributed by atoms with van der Waals surface area (Å²) in [6.07, 6.45) is 1.11. The van der Waals surface area contributed by atoms with Crippen molar-refractivity contribution < 1.29 is 30.8 Å². The molecule has 1 amide bonds. The number of carbonyl (C=O) groups is 1. The molecule has 1 fully saturated rings. The smallest absolute Gasteiger partial charge is 0.336 e. The molecule has 2 aliphatic carbocycles. The second-order valence-electron chi connectivity index (χ2n) is 8.24. The molecular formula is C22H23F4N3O3S. The van der Waals surface area contributed by atoms with Gasteiger partial charge in [-0.25, -0.2) is 12.8 Å². The maximum Gasteiger partial charge on any atom is 0.407 e. The first kappa shape index (κ1) is 24.9. The predicted octanol–water partition coefficient (Wildman–Crippen LogP) is 3.08. The van der Waals surface area contributed by atoms with Gasteiger partial charge < -0.3 is 5.32 Å². The van der Waals surface area contributed by atoms with Crippen LogP contribution < -0.4 is 10.6 Å². The average Bonchev–Trinajstić information content (AvgIpc) is 3.52. The van der Waals surface area contributed by atoms with Crippen LogP contribution in [-0.2, 0) is 20.4 Å². The van der Waals surface area contributed by atoms with Crippen molar-refractivity contribution >= 4 is 15.7 Å². The van der Waals surface area contributed by atoms with Crippen LogP contribution in [0.1, 0.15) is 31.2 Å². The molecule has 0 bridgehead atoms. The Hall–Kier alpha value is -2.71. The summed E-state index contributed by atoms with van der Waals surface area (Å²) in [5.41, 5.74) is -1.06. The van der Waals surface area contributed by atoms with Crippen LogP contribution in [0.15, 0.2) is 48.1 Å². The first-order valence-corrected chi connectivity index (χ1v) is 12.1. The number of nitrogens with zero attached hydrogens (tertiary/aromatic N) is 1. The minimum absolute atomic E-state index is 0.107. The van der Waals surface area contributed by atoms with E-state index in [0.717, 1.165) is 12.1 Å². The van der Waals surface area contributed by atoms with Crippen molar-refractivity contribution in [3.05, 3.63) is 59.4 Å². The molecule has 0 radical (unpaired) electrons. The molecule has 0 heterocycles. The van der Waals surface area contributed by atoms with Gasteiger partial charge in [0, 0.05) is 0 Å². The topological polar surface area (TPSA) is 99.1 Å². The van der Waals surface area contributed by atoms with Crippen molar-refractivity contribution in [1.82, 2.24) is 10.6 Å². The van der Waals surface area contributed by atoms with Gasteiger partial charge in [-0.05, 0) is 49.0 Å². The number of rotatable bonds is 9. The molecule has 1 saturated carbocycles. The number of hydrogen-bond donors (Lipinski definition) is 2. The molecule has 178 valence electrons. The number of halogens is 4. The van der Waals surface area contributed by atoms with Gasteiger partial charge in [-0.1, -0.05) is 30.4 Å². The lowest BCUT2D eigenvalue weighted by Gasteiger charge is -2.29. The van der Waals surface area contributed by atoms with Gasteiger partial charge in [-0.3, -0.25) is 10.1 Å². The van der Waals surface area contributed by atoms with Crippen LogP contribution >= 0.6 is 0 Å². The van der Waals surface area contributed by atoms with Gasteiger partial charge in [0.2, 0.25) is 5.91 Å². The highest BCUT2D eigenvalue weighted by atomic mass is 32.2. The second-order valence-corrected chi connectivity index (χ2v) is 10.4. The molecule has 2 N–H and O–H groups in total. The lowest BCUT2D eigenvalue weighted by molar-refractivity contribution is -0.149. The van der Waals surface area contributed by atoms with Gasteiger partial charge >= 0.3 is 6.18 Å². The zero-order chi connectivity index (χ0) is 24.3. The summed E-state index contributed by atoms with van der Waals surface area (Å²) in [4.78, 5) is 12.8. The third-order valence-corrected chi connectivity index (χ3v) is 7.03. The van der Waals surface area contributed by atoms with Crippen LogP contribution in [0.4, 0.5) is 17.6 Å². The van der Waals surface area contributed by atoms with Crippen LogP contribution in [0.3, 0.4) is 0 Å². The third kappa shape index (κ3) is 6.88. The van der Waals surface area contributed by atoms with Crippen LogP contribution in [0.2, 0.25) is 0 Å². The standard InChI is InChI=1S/C22H23F4N3O3S/c23-17-8-6-15(7-9-17)12-33(31,32)13-18(20(30)29-21(14-27)10-11-21)28-19(22(24,25)26)16-4-2-1-3-5-16/h2,4-9,18-19,28H,1,3,10-13H2,(H,29,30). The average molecular weight is 486 g/mol. The Morgan fingerprint density at radius 2 is 1.85 bits per heavy atom. The first-order chi connectivity index (χ1) is 15.4. The van der Waals surface area contributed by atoms with E-state index in [1.165, 1.54) is 24.3 Å². The van der Waals surface area contributed by atoms with Gasteiger partial charge in [0.15, 0.2) is 9.84 Å². The zero-order valence-corrected chi connectivity index (χ0v) is 18.3. The van der Waals surface area contributed by atoms with E-state index >= 15 is 0 Å². The van der Waals surface area contributed by atoms with Crippen molar-refractivity contribution in [2.45, 2.75) is 55.2 Å². The summed E-state index contributed by atoms with van der Waals surface area (Å²) in [5, 5.41) is 13.8. The third-order valence-electron chi connectivity index (χ3n) is 5.42. The van der Waals surface area contributed by atoms with Gasteiger partial charge in [0.1, 0.15) is 23.4 Å². The van der Waals surface area contributed by atoms with E-state index < -0.39 is 56.9 Å². The van der Waals surface area contributed by atoms with Gasteiger partial charge in [0.25, 0.3) is 0 Å². The Morgan fingerprint density at radius 1 is 1.18 bits per heavy atom. The van der Waals surface area contributed by atoms with Gasteiger partial charge in [-0.2, -0.15) is 18.4 Å². The Balaban J connectivity index is 1.85. The molecule has 0 spiro atoms. The van der Waals surface area contributed by atoms with E-state index in [1.807, 2.05) is 6.07 Å². The van der Waals surface area contributed by atoms with Crippen molar-refractivity contribution in [3.63, 3.8) is 0 Å². The number of nitrogens with one attached hydrogen (secondary N) is 2. The number of benzene rings is 1. The summed E-state index contributed by atoms with van der Waals surface area (Å²) in [6.45, 7) is 0.